The van der Waals surface area contributed by atoms with Gasteiger partial charge in [-0.05, 0) is 30.5 Å². The van der Waals surface area contributed by atoms with Crippen molar-refractivity contribution in [3.05, 3.63) is 66.2 Å². The van der Waals surface area contributed by atoms with Gasteiger partial charge in [0, 0.05) is 17.8 Å². The van der Waals surface area contributed by atoms with Crippen LogP contribution in [-0.2, 0) is 10.2 Å². The quantitative estimate of drug-likeness (QED) is 0.748. The topological polar surface area (TPSA) is 96.6 Å². The molecule has 4 N–H and O–H groups in total. The Labute approximate surface area is 146 Å². The summed E-state index contributed by atoms with van der Waals surface area (Å²) in [5, 5.41) is 7.05. The van der Waals surface area contributed by atoms with Crippen LogP contribution in [0.5, 0.6) is 0 Å². The number of para-hydroxylation sites is 1. The van der Waals surface area contributed by atoms with Crippen LogP contribution in [0.3, 0.4) is 0 Å². The predicted octanol–water partition coefficient (Wildman–Crippen LogP) is 2.77. The minimum Gasteiger partial charge on any atom is -0.350 e. The SMILES string of the molecule is NC(=O)N/N=C1\CC[C@@](C(=O)Nc2ccccc2)(c2ccccc2)C1. The van der Waals surface area contributed by atoms with Crippen LogP contribution in [0.25, 0.3) is 0 Å². The summed E-state index contributed by atoms with van der Waals surface area (Å²) in [5.74, 6) is -0.0748. The third-order valence-corrected chi connectivity index (χ3v) is 4.46. The second-order valence-corrected chi connectivity index (χ2v) is 6.10. The molecule has 0 heterocycles. The van der Waals surface area contributed by atoms with E-state index in [2.05, 4.69) is 15.8 Å². The van der Waals surface area contributed by atoms with Gasteiger partial charge in [0.1, 0.15) is 0 Å². The van der Waals surface area contributed by atoms with E-state index >= 15 is 0 Å². The van der Waals surface area contributed by atoms with E-state index in [-0.39, 0.29) is 5.91 Å². The van der Waals surface area contributed by atoms with Gasteiger partial charge in [0.15, 0.2) is 0 Å². The first-order chi connectivity index (χ1) is 12.1. The summed E-state index contributed by atoms with van der Waals surface area (Å²) in [6.45, 7) is 0. The van der Waals surface area contributed by atoms with E-state index in [1.165, 1.54) is 0 Å². The second kappa shape index (κ2) is 7.17. The molecule has 1 fully saturated rings. The van der Waals surface area contributed by atoms with E-state index in [1.807, 2.05) is 60.7 Å². The zero-order valence-corrected chi connectivity index (χ0v) is 13.7. The Hall–Kier alpha value is -3.15. The summed E-state index contributed by atoms with van der Waals surface area (Å²) in [6.07, 6.45) is 1.68. The van der Waals surface area contributed by atoms with Gasteiger partial charge in [-0.25, -0.2) is 10.2 Å². The van der Waals surface area contributed by atoms with E-state index in [4.69, 9.17) is 5.73 Å². The highest BCUT2D eigenvalue weighted by Crippen LogP contribution is 2.40. The lowest BCUT2D eigenvalue weighted by molar-refractivity contribution is -0.121. The molecular weight excluding hydrogens is 316 g/mol. The molecule has 3 rings (SSSR count). The molecule has 6 nitrogen and oxygen atoms in total. The van der Waals surface area contributed by atoms with Gasteiger partial charge in [-0.1, -0.05) is 48.5 Å². The Morgan fingerprint density at radius 1 is 1.00 bits per heavy atom. The lowest BCUT2D eigenvalue weighted by Gasteiger charge is -2.28. The highest BCUT2D eigenvalue weighted by molar-refractivity contribution is 6.05. The Bertz CT molecular complexity index is 790. The second-order valence-electron chi connectivity index (χ2n) is 6.10. The normalized spacial score (nSPS) is 21.0. The van der Waals surface area contributed by atoms with Crippen LogP contribution in [0.2, 0.25) is 0 Å². The zero-order valence-electron chi connectivity index (χ0n) is 13.7. The molecule has 1 atom stereocenters. The average molecular weight is 336 g/mol. The van der Waals surface area contributed by atoms with E-state index < -0.39 is 11.4 Å². The number of carbonyl (C=O) groups excluding carboxylic acids is 2. The summed E-state index contributed by atoms with van der Waals surface area (Å²) >= 11 is 0. The number of carbonyl (C=O) groups is 2. The Kier molecular flexibility index (Phi) is 4.79. The van der Waals surface area contributed by atoms with Crippen molar-refractivity contribution in [2.75, 3.05) is 5.32 Å². The van der Waals surface area contributed by atoms with Crippen molar-refractivity contribution in [2.45, 2.75) is 24.7 Å². The summed E-state index contributed by atoms with van der Waals surface area (Å²) in [6, 6.07) is 18.3. The highest BCUT2D eigenvalue weighted by atomic mass is 16.2. The van der Waals surface area contributed by atoms with Crippen LogP contribution in [0.4, 0.5) is 10.5 Å². The number of primary amides is 1. The first kappa shape index (κ1) is 16.7. The predicted molar refractivity (Wildman–Crippen MR) is 97.2 cm³/mol. The molecule has 0 aliphatic heterocycles. The fraction of sp³-hybridized carbons (Fsp3) is 0.211. The summed E-state index contributed by atoms with van der Waals surface area (Å²) in [4.78, 5) is 24.0. The summed E-state index contributed by atoms with van der Waals surface area (Å²) in [7, 11) is 0. The van der Waals surface area contributed by atoms with Gasteiger partial charge in [0.05, 0.1) is 5.41 Å². The lowest BCUT2D eigenvalue weighted by Crippen LogP contribution is -2.38. The first-order valence-electron chi connectivity index (χ1n) is 8.13. The van der Waals surface area contributed by atoms with E-state index in [9.17, 15) is 9.59 Å². The highest BCUT2D eigenvalue weighted by Gasteiger charge is 2.45. The smallest absolute Gasteiger partial charge is 0.332 e. The number of nitrogens with zero attached hydrogens (tertiary/aromatic N) is 1. The van der Waals surface area contributed by atoms with Crippen LogP contribution in [-0.4, -0.2) is 17.6 Å². The van der Waals surface area contributed by atoms with Crippen LogP contribution >= 0.6 is 0 Å². The van der Waals surface area contributed by atoms with Gasteiger partial charge in [-0.2, -0.15) is 5.10 Å². The zero-order chi connectivity index (χ0) is 17.7. The minimum atomic E-state index is -0.713. The molecule has 1 saturated carbocycles. The molecule has 0 aromatic heterocycles. The molecule has 25 heavy (non-hydrogen) atoms. The molecular formula is C19H20N4O2. The monoisotopic (exact) mass is 336 g/mol. The maximum atomic E-state index is 13.1. The molecule has 6 heteroatoms. The van der Waals surface area contributed by atoms with Crippen molar-refractivity contribution in [3.63, 3.8) is 0 Å². The molecule has 0 bridgehead atoms. The van der Waals surface area contributed by atoms with Crippen molar-refractivity contribution < 1.29 is 9.59 Å². The van der Waals surface area contributed by atoms with Crippen LogP contribution in [0.1, 0.15) is 24.8 Å². The average Bonchev–Trinajstić information content (AvgIpc) is 3.07. The lowest BCUT2D eigenvalue weighted by atomic mass is 9.78. The number of hydrazone groups is 1. The molecule has 0 saturated heterocycles. The van der Waals surface area contributed by atoms with E-state index in [0.717, 1.165) is 17.0 Å². The van der Waals surface area contributed by atoms with Crippen molar-refractivity contribution in [1.29, 1.82) is 0 Å². The third kappa shape index (κ3) is 3.68. The van der Waals surface area contributed by atoms with Crippen LogP contribution in [0, 0.1) is 0 Å². The Morgan fingerprint density at radius 3 is 2.28 bits per heavy atom. The van der Waals surface area contributed by atoms with Gasteiger partial charge in [0.2, 0.25) is 5.91 Å². The summed E-state index contributed by atoms with van der Waals surface area (Å²) in [5.41, 5.74) is 9.07. The number of rotatable bonds is 4. The molecule has 0 radical (unpaired) electrons. The molecule has 0 spiro atoms. The van der Waals surface area contributed by atoms with E-state index in [1.54, 1.807) is 0 Å². The summed E-state index contributed by atoms with van der Waals surface area (Å²) < 4.78 is 0. The molecule has 0 unspecified atom stereocenters. The number of benzene rings is 2. The molecule has 2 aromatic rings. The van der Waals surface area contributed by atoms with Crippen LogP contribution in [0.15, 0.2) is 65.8 Å². The minimum absolute atomic E-state index is 0.0748. The standard InChI is InChI=1S/C19H20N4O2/c20-18(25)23-22-16-11-12-19(13-16,14-7-3-1-4-8-14)17(24)21-15-9-5-2-6-10-15/h1-10H,11-13H2,(H,21,24)(H3,20,23,25)/b22-16+/t19-/m0/s1. The molecule has 1 aliphatic rings. The van der Waals surface area contributed by atoms with Crippen molar-refractivity contribution >= 4 is 23.3 Å². The maximum absolute atomic E-state index is 13.1. The van der Waals surface area contributed by atoms with Gasteiger partial charge < -0.3 is 11.1 Å². The Balaban J connectivity index is 1.90. The van der Waals surface area contributed by atoms with Gasteiger partial charge >= 0.3 is 6.03 Å². The molecule has 1 aliphatic carbocycles. The number of urea groups is 1. The molecule has 128 valence electrons. The van der Waals surface area contributed by atoms with Gasteiger partial charge in [-0.3, -0.25) is 4.79 Å². The number of anilines is 1. The van der Waals surface area contributed by atoms with Crippen molar-refractivity contribution in [3.8, 4) is 0 Å². The maximum Gasteiger partial charge on any atom is 0.332 e. The number of amides is 3. The Morgan fingerprint density at radius 2 is 1.64 bits per heavy atom. The third-order valence-electron chi connectivity index (χ3n) is 4.46. The largest absolute Gasteiger partial charge is 0.350 e. The fourth-order valence-electron chi connectivity index (χ4n) is 3.21. The number of hydrogen-bond donors (Lipinski definition) is 3. The number of nitrogens with one attached hydrogen (secondary N) is 2. The van der Waals surface area contributed by atoms with Crippen molar-refractivity contribution in [1.82, 2.24) is 5.43 Å². The fourth-order valence-corrected chi connectivity index (χ4v) is 3.21. The van der Waals surface area contributed by atoms with Crippen molar-refractivity contribution in [2.24, 2.45) is 10.8 Å². The van der Waals surface area contributed by atoms with Gasteiger partial charge in [0.25, 0.3) is 0 Å². The van der Waals surface area contributed by atoms with E-state index in [0.29, 0.717) is 19.3 Å². The molecule has 2 aromatic carbocycles. The van der Waals surface area contributed by atoms with Gasteiger partial charge in [-0.15, -0.1) is 0 Å². The molecule has 3 amide bonds. The van der Waals surface area contributed by atoms with Crippen LogP contribution < -0.4 is 16.5 Å². The number of hydrogen-bond acceptors (Lipinski definition) is 3. The first-order valence-corrected chi connectivity index (χ1v) is 8.13. The number of nitrogens with two attached hydrogens (primary N) is 1.